The van der Waals surface area contributed by atoms with Gasteiger partial charge in [-0.3, -0.25) is 4.57 Å². The number of aliphatic hydroxyl groups excluding tert-OH is 1. The molecule has 2 aromatic carbocycles. The van der Waals surface area contributed by atoms with Gasteiger partial charge in [0.2, 0.25) is 0 Å². The molecule has 1 unspecified atom stereocenters. The number of hydrogen-bond donors (Lipinski definition) is 1. The van der Waals surface area contributed by atoms with Crippen LogP contribution in [0.4, 0.5) is 0 Å². The number of rotatable bonds is 4. The molecule has 0 bridgehead atoms. The Morgan fingerprint density at radius 1 is 1.00 bits per heavy atom. The zero-order valence-corrected chi connectivity index (χ0v) is 12.5. The molecule has 0 radical (unpaired) electrons. The summed E-state index contributed by atoms with van der Waals surface area (Å²) in [6.45, 7) is 1.68. The number of aliphatic hydroxyl groups is 1. The molecular weight excluding hydrogens is 278 g/mol. The standard InChI is InChI=1S/C17H17N3O2/c1-12(21)16-18-19-17(13-6-4-3-5-7-13)20(16)14-8-10-15(22-2)11-9-14/h3-12,21H,1-2H3. The fourth-order valence-corrected chi connectivity index (χ4v) is 2.33. The van der Waals surface area contributed by atoms with Gasteiger partial charge in [0.05, 0.1) is 7.11 Å². The Bertz CT molecular complexity index is 749. The van der Waals surface area contributed by atoms with Crippen LogP contribution in [0.5, 0.6) is 5.75 Å². The van der Waals surface area contributed by atoms with E-state index >= 15 is 0 Å². The van der Waals surface area contributed by atoms with Crippen LogP contribution in [0.2, 0.25) is 0 Å². The molecule has 22 heavy (non-hydrogen) atoms. The van der Waals surface area contributed by atoms with Crippen LogP contribution >= 0.6 is 0 Å². The van der Waals surface area contributed by atoms with E-state index in [1.54, 1.807) is 14.0 Å². The summed E-state index contributed by atoms with van der Waals surface area (Å²) >= 11 is 0. The molecule has 5 heteroatoms. The maximum Gasteiger partial charge on any atom is 0.168 e. The fraction of sp³-hybridized carbons (Fsp3) is 0.176. The second-order valence-corrected chi connectivity index (χ2v) is 4.96. The molecule has 3 aromatic rings. The smallest absolute Gasteiger partial charge is 0.168 e. The lowest BCUT2D eigenvalue weighted by Gasteiger charge is -2.12. The van der Waals surface area contributed by atoms with Crippen molar-refractivity contribution in [2.24, 2.45) is 0 Å². The van der Waals surface area contributed by atoms with E-state index in [-0.39, 0.29) is 0 Å². The predicted octanol–water partition coefficient (Wildman–Crippen LogP) is 3.00. The first kappa shape index (κ1) is 14.3. The number of aromatic nitrogens is 3. The van der Waals surface area contributed by atoms with Gasteiger partial charge in [0.15, 0.2) is 11.6 Å². The number of methoxy groups -OCH3 is 1. The highest BCUT2D eigenvalue weighted by Crippen LogP contribution is 2.26. The van der Waals surface area contributed by atoms with Crippen LogP contribution in [0.15, 0.2) is 54.6 Å². The Balaban J connectivity index is 2.16. The van der Waals surface area contributed by atoms with E-state index in [1.165, 1.54) is 0 Å². The second kappa shape index (κ2) is 5.99. The second-order valence-electron chi connectivity index (χ2n) is 4.96. The van der Waals surface area contributed by atoms with Crippen molar-refractivity contribution in [3.8, 4) is 22.8 Å². The minimum absolute atomic E-state index is 0.504. The van der Waals surface area contributed by atoms with Gasteiger partial charge in [-0.25, -0.2) is 0 Å². The lowest BCUT2D eigenvalue weighted by Crippen LogP contribution is -2.06. The monoisotopic (exact) mass is 295 g/mol. The summed E-state index contributed by atoms with van der Waals surface area (Å²) in [6.07, 6.45) is -0.716. The van der Waals surface area contributed by atoms with Crippen LogP contribution in [-0.4, -0.2) is 27.0 Å². The first-order chi connectivity index (χ1) is 10.7. The minimum atomic E-state index is -0.716. The lowest BCUT2D eigenvalue weighted by atomic mass is 10.2. The molecule has 1 atom stereocenters. The van der Waals surface area contributed by atoms with Crippen molar-refractivity contribution in [1.82, 2.24) is 14.8 Å². The Morgan fingerprint density at radius 2 is 1.68 bits per heavy atom. The van der Waals surface area contributed by atoms with Gasteiger partial charge in [-0.15, -0.1) is 10.2 Å². The molecule has 0 aliphatic carbocycles. The van der Waals surface area contributed by atoms with Gasteiger partial charge in [0.25, 0.3) is 0 Å². The van der Waals surface area contributed by atoms with E-state index < -0.39 is 6.10 Å². The average molecular weight is 295 g/mol. The molecule has 1 N–H and O–H groups in total. The first-order valence-electron chi connectivity index (χ1n) is 7.04. The molecule has 5 nitrogen and oxygen atoms in total. The number of nitrogens with zero attached hydrogens (tertiary/aromatic N) is 3. The SMILES string of the molecule is COc1ccc(-n2c(-c3ccccc3)nnc2C(C)O)cc1. The van der Waals surface area contributed by atoms with Crippen molar-refractivity contribution in [2.45, 2.75) is 13.0 Å². The van der Waals surface area contributed by atoms with E-state index in [9.17, 15) is 5.11 Å². The number of hydrogen-bond acceptors (Lipinski definition) is 4. The minimum Gasteiger partial charge on any atom is -0.497 e. The largest absolute Gasteiger partial charge is 0.497 e. The molecule has 0 aliphatic rings. The third-order valence-corrected chi connectivity index (χ3v) is 3.42. The van der Waals surface area contributed by atoms with Crippen molar-refractivity contribution >= 4 is 0 Å². The molecule has 0 saturated heterocycles. The Hall–Kier alpha value is -2.66. The summed E-state index contributed by atoms with van der Waals surface area (Å²) in [7, 11) is 1.63. The quantitative estimate of drug-likeness (QED) is 0.804. The summed E-state index contributed by atoms with van der Waals surface area (Å²) in [4.78, 5) is 0. The summed E-state index contributed by atoms with van der Waals surface area (Å²) in [5.74, 6) is 1.97. The highest BCUT2D eigenvalue weighted by molar-refractivity contribution is 5.59. The number of benzene rings is 2. The van der Waals surface area contributed by atoms with Gasteiger partial charge >= 0.3 is 0 Å². The maximum absolute atomic E-state index is 9.98. The van der Waals surface area contributed by atoms with Crippen LogP contribution in [0.1, 0.15) is 18.9 Å². The summed E-state index contributed by atoms with van der Waals surface area (Å²) in [6, 6.07) is 17.4. The van der Waals surface area contributed by atoms with E-state index in [2.05, 4.69) is 10.2 Å². The van der Waals surface area contributed by atoms with Crippen molar-refractivity contribution in [3.63, 3.8) is 0 Å². The van der Waals surface area contributed by atoms with Crippen molar-refractivity contribution in [3.05, 3.63) is 60.4 Å². The molecular formula is C17H17N3O2. The molecule has 0 fully saturated rings. The highest BCUT2D eigenvalue weighted by Gasteiger charge is 2.18. The van der Waals surface area contributed by atoms with E-state index in [1.807, 2.05) is 59.2 Å². The zero-order chi connectivity index (χ0) is 15.5. The third-order valence-electron chi connectivity index (χ3n) is 3.42. The Labute approximate surface area is 128 Å². The third kappa shape index (κ3) is 2.58. The highest BCUT2D eigenvalue weighted by atomic mass is 16.5. The predicted molar refractivity (Wildman–Crippen MR) is 84.0 cm³/mol. The van der Waals surface area contributed by atoms with Gasteiger partial charge in [-0.05, 0) is 31.2 Å². The van der Waals surface area contributed by atoms with E-state index in [0.717, 1.165) is 17.0 Å². The van der Waals surface area contributed by atoms with Gasteiger partial charge in [0, 0.05) is 11.3 Å². The van der Waals surface area contributed by atoms with Crippen molar-refractivity contribution < 1.29 is 9.84 Å². The zero-order valence-electron chi connectivity index (χ0n) is 12.5. The first-order valence-corrected chi connectivity index (χ1v) is 7.04. The Morgan fingerprint density at radius 3 is 2.27 bits per heavy atom. The summed E-state index contributed by atoms with van der Waals surface area (Å²) in [5.41, 5.74) is 1.82. The molecule has 3 rings (SSSR count). The van der Waals surface area contributed by atoms with Gasteiger partial charge in [-0.1, -0.05) is 30.3 Å². The van der Waals surface area contributed by atoms with Crippen LogP contribution in [0, 0.1) is 0 Å². The van der Waals surface area contributed by atoms with Crippen molar-refractivity contribution in [2.75, 3.05) is 7.11 Å². The lowest BCUT2D eigenvalue weighted by molar-refractivity contribution is 0.186. The maximum atomic E-state index is 9.98. The fourth-order valence-electron chi connectivity index (χ4n) is 2.33. The van der Waals surface area contributed by atoms with Gasteiger partial charge < -0.3 is 9.84 Å². The van der Waals surface area contributed by atoms with Crippen LogP contribution < -0.4 is 4.74 Å². The Kier molecular flexibility index (Phi) is 3.89. The normalized spacial score (nSPS) is 12.1. The van der Waals surface area contributed by atoms with Crippen LogP contribution in [-0.2, 0) is 0 Å². The van der Waals surface area contributed by atoms with E-state index in [0.29, 0.717) is 11.6 Å². The van der Waals surface area contributed by atoms with Crippen LogP contribution in [0.25, 0.3) is 17.1 Å². The van der Waals surface area contributed by atoms with Gasteiger partial charge in [-0.2, -0.15) is 0 Å². The van der Waals surface area contributed by atoms with Crippen molar-refractivity contribution in [1.29, 1.82) is 0 Å². The molecule has 0 saturated carbocycles. The van der Waals surface area contributed by atoms with Gasteiger partial charge in [0.1, 0.15) is 11.9 Å². The molecule has 1 aromatic heterocycles. The average Bonchev–Trinajstić information content (AvgIpc) is 3.01. The van der Waals surface area contributed by atoms with E-state index in [4.69, 9.17) is 4.74 Å². The molecule has 0 aliphatic heterocycles. The molecule has 0 amide bonds. The molecule has 0 spiro atoms. The topological polar surface area (TPSA) is 60.2 Å². The number of ether oxygens (including phenoxy) is 1. The summed E-state index contributed by atoms with van der Waals surface area (Å²) in [5, 5.41) is 18.4. The molecule has 1 heterocycles. The summed E-state index contributed by atoms with van der Waals surface area (Å²) < 4.78 is 7.05. The molecule has 112 valence electrons. The van der Waals surface area contributed by atoms with Crippen LogP contribution in [0.3, 0.4) is 0 Å².